The number of aromatic nitrogens is 2. The van der Waals surface area contributed by atoms with Crippen molar-refractivity contribution in [2.24, 2.45) is 0 Å². The Morgan fingerprint density at radius 3 is 2.54 bits per heavy atom. The van der Waals surface area contributed by atoms with Crippen molar-refractivity contribution in [1.82, 2.24) is 9.97 Å². The average Bonchev–Trinajstić information content (AvgIpc) is 2.55. The van der Waals surface area contributed by atoms with Gasteiger partial charge in [0.1, 0.15) is 11.6 Å². The van der Waals surface area contributed by atoms with Crippen LogP contribution in [-0.2, 0) is 0 Å². The van der Waals surface area contributed by atoms with Gasteiger partial charge in [-0.1, -0.05) is 29.8 Å². The summed E-state index contributed by atoms with van der Waals surface area (Å²) in [7, 11) is 0. The third-order valence-corrected chi connectivity index (χ3v) is 4.70. The van der Waals surface area contributed by atoms with Crippen LogP contribution in [0.2, 0.25) is 5.02 Å². The van der Waals surface area contributed by atoms with E-state index in [1.807, 2.05) is 24.3 Å². The number of nitrogens with two attached hydrogens (primary N) is 1. The van der Waals surface area contributed by atoms with Gasteiger partial charge in [0.05, 0.1) is 10.7 Å². The third-order valence-electron chi connectivity index (χ3n) is 3.59. The molecule has 0 radical (unpaired) electrons. The summed E-state index contributed by atoms with van der Waals surface area (Å²) < 4.78 is 3.23. The first-order valence-electron chi connectivity index (χ1n) is 7.42. The minimum Gasteiger partial charge on any atom is -0.384 e. The van der Waals surface area contributed by atoms with Crippen LogP contribution in [-0.4, -0.2) is 9.97 Å². The minimum absolute atomic E-state index is 0.488. The predicted molar refractivity (Wildman–Crippen MR) is 102 cm³/mol. The Bertz CT molecular complexity index is 862. The number of halogens is 1. The van der Waals surface area contributed by atoms with E-state index in [1.54, 1.807) is 12.3 Å². The van der Waals surface area contributed by atoms with Gasteiger partial charge in [0.2, 0.25) is 0 Å². The lowest BCUT2D eigenvalue weighted by molar-refractivity contribution is 1.27. The van der Waals surface area contributed by atoms with Gasteiger partial charge in [-0.05, 0) is 61.2 Å². The summed E-state index contributed by atoms with van der Waals surface area (Å²) in [5, 5.41) is 0.635. The summed E-state index contributed by atoms with van der Waals surface area (Å²) in [6, 6.07) is 13.6. The number of benzene rings is 1. The highest BCUT2D eigenvalue weighted by molar-refractivity contribution is 8.00. The first-order chi connectivity index (χ1) is 11.5. The molecule has 0 saturated carbocycles. The van der Waals surface area contributed by atoms with Crippen LogP contribution in [0.25, 0.3) is 11.3 Å². The number of rotatable bonds is 4. The standard InChI is InChI=1S/C18H17ClN4S/c1-11-4-3-5-12(2)17(11)18-14(19)6-7-16(22-18)23-24-13-8-9-21-15(20)10-13/h3-10H,1-2H3,(H2,20,21)(H,22,23). The van der Waals surface area contributed by atoms with E-state index in [0.29, 0.717) is 10.8 Å². The van der Waals surface area contributed by atoms with Crippen molar-refractivity contribution >= 4 is 35.2 Å². The SMILES string of the molecule is Cc1cccc(C)c1-c1nc(NSc2ccnc(N)c2)ccc1Cl. The van der Waals surface area contributed by atoms with Crippen molar-refractivity contribution in [2.45, 2.75) is 18.7 Å². The molecule has 0 aliphatic carbocycles. The van der Waals surface area contributed by atoms with Gasteiger partial charge in [-0.2, -0.15) is 0 Å². The number of aryl methyl sites for hydroxylation is 2. The number of nitrogens with zero attached hydrogens (tertiary/aromatic N) is 2. The van der Waals surface area contributed by atoms with Gasteiger partial charge in [0.15, 0.2) is 0 Å². The van der Waals surface area contributed by atoms with Gasteiger partial charge in [-0.25, -0.2) is 9.97 Å². The van der Waals surface area contributed by atoms with Crippen LogP contribution in [0.4, 0.5) is 11.6 Å². The lowest BCUT2D eigenvalue weighted by Crippen LogP contribution is -1.97. The zero-order valence-electron chi connectivity index (χ0n) is 13.4. The molecule has 24 heavy (non-hydrogen) atoms. The zero-order chi connectivity index (χ0) is 17.1. The molecule has 4 nitrogen and oxygen atoms in total. The molecule has 2 heterocycles. The fraction of sp³-hybridized carbons (Fsp3) is 0.111. The van der Waals surface area contributed by atoms with E-state index >= 15 is 0 Å². The second-order valence-electron chi connectivity index (χ2n) is 5.41. The van der Waals surface area contributed by atoms with Crippen molar-refractivity contribution in [3.63, 3.8) is 0 Å². The number of hydrogen-bond donors (Lipinski definition) is 2. The first-order valence-corrected chi connectivity index (χ1v) is 8.61. The number of hydrogen-bond acceptors (Lipinski definition) is 5. The monoisotopic (exact) mass is 356 g/mol. The predicted octanol–water partition coefficient (Wildman–Crippen LogP) is 5.12. The van der Waals surface area contributed by atoms with Crippen molar-refractivity contribution in [3.8, 4) is 11.3 Å². The molecular weight excluding hydrogens is 340 g/mol. The molecule has 0 atom stereocenters. The molecule has 122 valence electrons. The van der Waals surface area contributed by atoms with Gasteiger partial charge in [-0.3, -0.25) is 0 Å². The van der Waals surface area contributed by atoms with Gasteiger partial charge in [-0.15, -0.1) is 0 Å². The molecule has 3 aromatic rings. The highest BCUT2D eigenvalue weighted by atomic mass is 35.5. The lowest BCUT2D eigenvalue weighted by atomic mass is 9.99. The lowest BCUT2D eigenvalue weighted by Gasteiger charge is -2.13. The molecule has 2 aromatic heterocycles. The fourth-order valence-corrected chi connectivity index (χ4v) is 3.31. The minimum atomic E-state index is 0.488. The molecule has 3 N–H and O–H groups in total. The van der Waals surface area contributed by atoms with Crippen molar-refractivity contribution < 1.29 is 0 Å². The fourth-order valence-electron chi connectivity index (χ4n) is 2.46. The molecule has 0 bridgehead atoms. The van der Waals surface area contributed by atoms with E-state index in [-0.39, 0.29) is 0 Å². The summed E-state index contributed by atoms with van der Waals surface area (Å²) in [4.78, 5) is 9.64. The van der Waals surface area contributed by atoms with E-state index in [1.165, 1.54) is 11.9 Å². The zero-order valence-corrected chi connectivity index (χ0v) is 14.9. The largest absolute Gasteiger partial charge is 0.384 e. The second kappa shape index (κ2) is 7.11. The van der Waals surface area contributed by atoms with Crippen LogP contribution >= 0.6 is 23.5 Å². The quantitative estimate of drug-likeness (QED) is 0.635. The van der Waals surface area contributed by atoms with Crippen molar-refractivity contribution in [1.29, 1.82) is 0 Å². The number of nitrogen functional groups attached to an aromatic ring is 1. The maximum Gasteiger partial charge on any atom is 0.136 e. The molecular formula is C18H17ClN4S. The van der Waals surface area contributed by atoms with Gasteiger partial charge >= 0.3 is 0 Å². The number of nitrogens with one attached hydrogen (secondary N) is 1. The summed E-state index contributed by atoms with van der Waals surface area (Å²) in [5.41, 5.74) is 9.85. The van der Waals surface area contributed by atoms with Crippen molar-refractivity contribution in [3.05, 3.63) is 64.8 Å². The normalized spacial score (nSPS) is 10.6. The molecule has 0 unspecified atom stereocenters. The smallest absolute Gasteiger partial charge is 0.136 e. The van der Waals surface area contributed by atoms with Crippen LogP contribution in [0.3, 0.4) is 0 Å². The van der Waals surface area contributed by atoms with E-state index in [9.17, 15) is 0 Å². The van der Waals surface area contributed by atoms with E-state index in [4.69, 9.17) is 22.3 Å². The molecule has 0 aliphatic rings. The summed E-state index contributed by atoms with van der Waals surface area (Å²) in [5.74, 6) is 1.22. The second-order valence-corrected chi connectivity index (χ2v) is 6.70. The molecule has 0 amide bonds. The van der Waals surface area contributed by atoms with Crippen LogP contribution in [0, 0.1) is 13.8 Å². The molecule has 0 spiro atoms. The Morgan fingerprint density at radius 1 is 1.08 bits per heavy atom. The van der Waals surface area contributed by atoms with Crippen LogP contribution in [0.5, 0.6) is 0 Å². The topological polar surface area (TPSA) is 63.8 Å². The molecule has 0 fully saturated rings. The highest BCUT2D eigenvalue weighted by Gasteiger charge is 2.12. The maximum atomic E-state index is 6.39. The Balaban J connectivity index is 1.89. The van der Waals surface area contributed by atoms with E-state index in [2.05, 4.69) is 35.7 Å². The van der Waals surface area contributed by atoms with Crippen LogP contribution < -0.4 is 10.5 Å². The van der Waals surface area contributed by atoms with Gasteiger partial charge < -0.3 is 10.5 Å². The average molecular weight is 357 g/mol. The van der Waals surface area contributed by atoms with Gasteiger partial charge in [0.25, 0.3) is 0 Å². The highest BCUT2D eigenvalue weighted by Crippen LogP contribution is 2.33. The van der Waals surface area contributed by atoms with Crippen LogP contribution in [0.1, 0.15) is 11.1 Å². The molecule has 6 heteroatoms. The Kier molecular flexibility index (Phi) is 4.92. The van der Waals surface area contributed by atoms with Crippen LogP contribution in [0.15, 0.2) is 53.6 Å². The molecule has 0 aliphatic heterocycles. The molecule has 3 rings (SSSR count). The summed E-state index contributed by atoms with van der Waals surface area (Å²) in [6.07, 6.45) is 1.68. The third kappa shape index (κ3) is 3.63. The number of anilines is 2. The van der Waals surface area contributed by atoms with Gasteiger partial charge in [0, 0.05) is 16.7 Å². The first kappa shape index (κ1) is 16.6. The Morgan fingerprint density at radius 2 is 1.83 bits per heavy atom. The Labute approximate surface area is 150 Å². The van der Waals surface area contributed by atoms with Crippen molar-refractivity contribution in [2.75, 3.05) is 10.5 Å². The maximum absolute atomic E-state index is 6.39. The molecule has 1 aromatic carbocycles. The molecule has 0 saturated heterocycles. The van der Waals surface area contributed by atoms with E-state index in [0.717, 1.165) is 33.1 Å². The number of pyridine rings is 2. The summed E-state index contributed by atoms with van der Waals surface area (Å²) in [6.45, 7) is 4.13. The van der Waals surface area contributed by atoms with E-state index < -0.39 is 0 Å². The Hall–Kier alpha value is -2.24. The summed E-state index contributed by atoms with van der Waals surface area (Å²) >= 11 is 7.82.